The molecule has 0 saturated carbocycles. The van der Waals surface area contributed by atoms with Crippen molar-refractivity contribution in [1.82, 2.24) is 15.5 Å². The first-order valence-electron chi connectivity index (χ1n) is 7.03. The van der Waals surface area contributed by atoms with Crippen molar-refractivity contribution in [3.63, 3.8) is 0 Å². The summed E-state index contributed by atoms with van der Waals surface area (Å²) in [5, 5.41) is 14.4. The molecule has 0 aliphatic rings. The van der Waals surface area contributed by atoms with Crippen LogP contribution < -0.4 is 5.32 Å². The molecule has 0 aliphatic heterocycles. The zero-order valence-corrected chi connectivity index (χ0v) is 13.9. The van der Waals surface area contributed by atoms with Crippen LogP contribution in [0, 0.1) is 0 Å². The second-order valence-electron chi connectivity index (χ2n) is 5.05. The Kier molecular flexibility index (Phi) is 4.57. The van der Waals surface area contributed by atoms with E-state index in [1.54, 1.807) is 11.3 Å². The van der Waals surface area contributed by atoms with E-state index in [9.17, 15) is 0 Å². The smallest absolute Gasteiger partial charge is 0.257 e. The second kappa shape index (κ2) is 6.60. The summed E-state index contributed by atoms with van der Waals surface area (Å²) in [4.78, 5) is 0.977. The van der Waals surface area contributed by atoms with E-state index in [0.717, 1.165) is 15.5 Å². The van der Waals surface area contributed by atoms with Gasteiger partial charge in [-0.1, -0.05) is 35.9 Å². The highest BCUT2D eigenvalue weighted by molar-refractivity contribution is 7.13. The molecule has 0 unspecified atom stereocenters. The molecule has 1 N–H and O–H groups in total. The highest BCUT2D eigenvalue weighted by Crippen LogP contribution is 2.27. The Bertz CT molecular complexity index is 741. The molecule has 0 bridgehead atoms. The Morgan fingerprint density at radius 2 is 1.91 bits per heavy atom. The van der Waals surface area contributed by atoms with Crippen LogP contribution in [-0.4, -0.2) is 10.2 Å². The van der Waals surface area contributed by atoms with Crippen molar-refractivity contribution >= 4 is 22.9 Å². The molecule has 3 rings (SSSR count). The summed E-state index contributed by atoms with van der Waals surface area (Å²) in [5.41, 5.74) is 1.05. The average molecular weight is 334 g/mol. The molecule has 4 nitrogen and oxygen atoms in total. The van der Waals surface area contributed by atoms with Crippen molar-refractivity contribution in [3.8, 4) is 10.8 Å². The fourth-order valence-electron chi connectivity index (χ4n) is 2.27. The van der Waals surface area contributed by atoms with E-state index >= 15 is 0 Å². The number of rotatable bonds is 5. The number of nitrogens with zero attached hydrogens (tertiary/aromatic N) is 2. The molecule has 2 atom stereocenters. The summed E-state index contributed by atoms with van der Waals surface area (Å²) >= 11 is 7.81. The van der Waals surface area contributed by atoms with Gasteiger partial charge in [-0.15, -0.1) is 21.5 Å². The van der Waals surface area contributed by atoms with Gasteiger partial charge in [0.1, 0.15) is 0 Å². The van der Waals surface area contributed by atoms with Gasteiger partial charge >= 0.3 is 0 Å². The predicted molar refractivity (Wildman–Crippen MR) is 89.0 cm³/mol. The fraction of sp³-hybridized carbons (Fsp3) is 0.250. The zero-order chi connectivity index (χ0) is 15.5. The van der Waals surface area contributed by atoms with Gasteiger partial charge in [0.05, 0.1) is 10.9 Å². The van der Waals surface area contributed by atoms with Crippen molar-refractivity contribution in [2.75, 3.05) is 0 Å². The molecule has 6 heteroatoms. The van der Waals surface area contributed by atoms with Crippen LogP contribution in [0.15, 0.2) is 46.2 Å². The molecule has 0 spiro atoms. The van der Waals surface area contributed by atoms with Crippen molar-refractivity contribution < 1.29 is 4.42 Å². The van der Waals surface area contributed by atoms with E-state index in [4.69, 9.17) is 16.0 Å². The molecule has 114 valence electrons. The third-order valence-electron chi connectivity index (χ3n) is 3.41. The lowest BCUT2D eigenvalue weighted by molar-refractivity contribution is 0.395. The highest BCUT2D eigenvalue weighted by atomic mass is 35.5. The van der Waals surface area contributed by atoms with Crippen molar-refractivity contribution in [2.45, 2.75) is 25.9 Å². The molecule has 1 aromatic carbocycles. The SMILES string of the molecule is C[C@@H](N[C@H](C)c1ccccc1Cl)c1nnc(-c2cccs2)o1. The first kappa shape index (κ1) is 15.2. The zero-order valence-electron chi connectivity index (χ0n) is 12.3. The second-order valence-corrected chi connectivity index (χ2v) is 6.41. The van der Waals surface area contributed by atoms with Crippen LogP contribution >= 0.6 is 22.9 Å². The third-order valence-corrected chi connectivity index (χ3v) is 4.62. The van der Waals surface area contributed by atoms with E-state index in [2.05, 4.69) is 22.4 Å². The van der Waals surface area contributed by atoms with Crippen molar-refractivity contribution in [3.05, 3.63) is 58.3 Å². The molecule has 2 aromatic heterocycles. The van der Waals surface area contributed by atoms with Gasteiger partial charge in [-0.2, -0.15) is 0 Å². The number of hydrogen-bond acceptors (Lipinski definition) is 5. The van der Waals surface area contributed by atoms with E-state index < -0.39 is 0 Å². The van der Waals surface area contributed by atoms with Crippen LogP contribution in [-0.2, 0) is 0 Å². The average Bonchev–Trinajstić information content (AvgIpc) is 3.18. The number of halogens is 1. The molecule has 3 aromatic rings. The number of nitrogens with one attached hydrogen (secondary N) is 1. The number of benzene rings is 1. The topological polar surface area (TPSA) is 51.0 Å². The van der Waals surface area contributed by atoms with Crippen LogP contribution in [0.5, 0.6) is 0 Å². The summed E-state index contributed by atoms with van der Waals surface area (Å²) in [5.74, 6) is 1.13. The maximum absolute atomic E-state index is 6.23. The minimum absolute atomic E-state index is 0.0625. The molecule has 22 heavy (non-hydrogen) atoms. The summed E-state index contributed by atoms with van der Waals surface area (Å²) in [6, 6.07) is 11.8. The van der Waals surface area contributed by atoms with Gasteiger partial charge in [0, 0.05) is 11.1 Å². The van der Waals surface area contributed by atoms with E-state index in [1.165, 1.54) is 0 Å². The van der Waals surface area contributed by atoms with E-state index in [-0.39, 0.29) is 12.1 Å². The van der Waals surface area contributed by atoms with Gasteiger partial charge in [-0.3, -0.25) is 5.32 Å². The molecule has 0 amide bonds. The predicted octanol–water partition coefficient (Wildman–Crippen LogP) is 4.86. The van der Waals surface area contributed by atoms with Crippen molar-refractivity contribution in [2.24, 2.45) is 0 Å². The van der Waals surface area contributed by atoms with Gasteiger partial charge in [0.2, 0.25) is 5.89 Å². The normalized spacial score (nSPS) is 14.0. The first-order chi connectivity index (χ1) is 10.6. The highest BCUT2D eigenvalue weighted by Gasteiger charge is 2.18. The van der Waals surface area contributed by atoms with E-state index in [0.29, 0.717) is 11.8 Å². The lowest BCUT2D eigenvalue weighted by Crippen LogP contribution is -2.23. The molecule has 0 fully saturated rings. The Morgan fingerprint density at radius 1 is 1.09 bits per heavy atom. The standard InChI is InChI=1S/C16H16ClN3OS/c1-10(12-6-3-4-7-13(12)17)18-11(2)15-19-20-16(21-15)14-8-5-9-22-14/h3-11,18H,1-2H3/t10-,11-/m1/s1. The van der Waals surface area contributed by atoms with Crippen LogP contribution in [0.25, 0.3) is 10.8 Å². The van der Waals surface area contributed by atoms with Crippen LogP contribution in [0.4, 0.5) is 0 Å². The minimum atomic E-state index is -0.0625. The van der Waals surface area contributed by atoms with Gasteiger partial charge in [0.15, 0.2) is 0 Å². The fourth-order valence-corrected chi connectivity index (χ4v) is 3.22. The number of hydrogen-bond donors (Lipinski definition) is 1. The molecular formula is C16H16ClN3OS. The molecule has 2 heterocycles. The lowest BCUT2D eigenvalue weighted by atomic mass is 10.1. The van der Waals surface area contributed by atoms with Gasteiger partial charge in [0.25, 0.3) is 5.89 Å². The third kappa shape index (κ3) is 3.21. The van der Waals surface area contributed by atoms with Gasteiger partial charge in [-0.05, 0) is 36.9 Å². The van der Waals surface area contributed by atoms with Crippen molar-refractivity contribution in [1.29, 1.82) is 0 Å². The Morgan fingerprint density at radius 3 is 2.64 bits per heavy atom. The Balaban J connectivity index is 1.72. The Hall–Kier alpha value is -1.69. The quantitative estimate of drug-likeness (QED) is 0.724. The summed E-state index contributed by atoms with van der Waals surface area (Å²) < 4.78 is 5.75. The summed E-state index contributed by atoms with van der Waals surface area (Å²) in [6.45, 7) is 4.06. The lowest BCUT2D eigenvalue weighted by Gasteiger charge is -2.18. The number of aromatic nitrogens is 2. The first-order valence-corrected chi connectivity index (χ1v) is 8.28. The summed E-state index contributed by atoms with van der Waals surface area (Å²) in [7, 11) is 0. The van der Waals surface area contributed by atoms with Crippen LogP contribution in [0.2, 0.25) is 5.02 Å². The molecule has 0 aliphatic carbocycles. The maximum atomic E-state index is 6.23. The molecular weight excluding hydrogens is 318 g/mol. The largest absolute Gasteiger partial charge is 0.418 e. The summed E-state index contributed by atoms with van der Waals surface area (Å²) in [6.07, 6.45) is 0. The number of thiophene rings is 1. The monoisotopic (exact) mass is 333 g/mol. The Labute approximate surface area is 138 Å². The van der Waals surface area contributed by atoms with Gasteiger partial charge < -0.3 is 4.42 Å². The van der Waals surface area contributed by atoms with Crippen LogP contribution in [0.1, 0.15) is 37.4 Å². The van der Waals surface area contributed by atoms with E-state index in [1.807, 2.05) is 48.7 Å². The molecule has 0 radical (unpaired) electrons. The van der Waals surface area contributed by atoms with Gasteiger partial charge in [-0.25, -0.2) is 0 Å². The van der Waals surface area contributed by atoms with Crippen LogP contribution in [0.3, 0.4) is 0 Å². The molecule has 0 saturated heterocycles. The minimum Gasteiger partial charge on any atom is -0.418 e. The maximum Gasteiger partial charge on any atom is 0.257 e.